The van der Waals surface area contributed by atoms with Crippen LogP contribution in [0.5, 0.6) is 5.75 Å². The van der Waals surface area contributed by atoms with Crippen LogP contribution in [0.15, 0.2) is 73.1 Å². The minimum atomic E-state index is -0.415. The highest BCUT2D eigenvalue weighted by Gasteiger charge is 2.25. The van der Waals surface area contributed by atoms with Crippen molar-refractivity contribution in [2.24, 2.45) is 7.05 Å². The normalized spacial score (nSPS) is 13.4. The summed E-state index contributed by atoms with van der Waals surface area (Å²) < 4.78 is 8.87. The molecule has 0 bridgehead atoms. The number of anilines is 1. The SMILES string of the molecule is Cn1ncc(NC(=O)c2ccn(COc3ccc(-c4ccccc4)cc3)n2)c1C(=O)N1CCCCC1. The molecule has 5 rings (SSSR count). The lowest BCUT2D eigenvalue weighted by Gasteiger charge is -2.27. The van der Waals surface area contributed by atoms with Gasteiger partial charge in [0.15, 0.2) is 12.4 Å². The molecule has 0 radical (unpaired) electrons. The molecule has 36 heavy (non-hydrogen) atoms. The predicted molar refractivity (Wildman–Crippen MR) is 136 cm³/mol. The highest BCUT2D eigenvalue weighted by molar-refractivity contribution is 6.07. The molecule has 0 saturated carbocycles. The Hall–Kier alpha value is -4.40. The van der Waals surface area contributed by atoms with Gasteiger partial charge in [0.05, 0.1) is 11.9 Å². The number of aromatic nitrogens is 4. The molecule has 1 saturated heterocycles. The van der Waals surface area contributed by atoms with Gasteiger partial charge in [0.1, 0.15) is 11.4 Å². The maximum absolute atomic E-state index is 13.0. The van der Waals surface area contributed by atoms with E-state index in [4.69, 9.17) is 4.74 Å². The Morgan fingerprint density at radius 1 is 0.944 bits per heavy atom. The molecule has 9 heteroatoms. The average molecular weight is 485 g/mol. The van der Waals surface area contributed by atoms with Crippen molar-refractivity contribution < 1.29 is 14.3 Å². The van der Waals surface area contributed by atoms with Gasteiger partial charge in [-0.15, -0.1) is 0 Å². The largest absolute Gasteiger partial charge is 0.471 e. The van der Waals surface area contributed by atoms with Crippen LogP contribution in [0.2, 0.25) is 0 Å². The number of aryl methyl sites for hydroxylation is 1. The molecule has 1 aliphatic heterocycles. The summed E-state index contributed by atoms with van der Waals surface area (Å²) in [6.45, 7) is 1.59. The molecule has 0 aliphatic carbocycles. The lowest BCUT2D eigenvalue weighted by atomic mass is 10.1. The summed E-state index contributed by atoms with van der Waals surface area (Å²) in [5.41, 5.74) is 3.21. The quantitative estimate of drug-likeness (QED) is 0.424. The number of piperidine rings is 1. The van der Waals surface area contributed by atoms with Gasteiger partial charge in [-0.25, -0.2) is 4.68 Å². The van der Waals surface area contributed by atoms with Gasteiger partial charge in [0.2, 0.25) is 0 Å². The lowest BCUT2D eigenvalue weighted by Crippen LogP contribution is -2.37. The van der Waals surface area contributed by atoms with Crippen molar-refractivity contribution in [3.8, 4) is 16.9 Å². The molecule has 3 heterocycles. The molecular weight excluding hydrogens is 456 g/mol. The zero-order valence-electron chi connectivity index (χ0n) is 20.1. The van der Waals surface area contributed by atoms with E-state index in [1.54, 1.807) is 24.0 Å². The summed E-state index contributed by atoms with van der Waals surface area (Å²) in [6.07, 6.45) is 6.28. The van der Waals surface area contributed by atoms with Crippen LogP contribution in [0.4, 0.5) is 5.69 Å². The number of hydrogen-bond donors (Lipinski definition) is 1. The van der Waals surface area contributed by atoms with Crippen LogP contribution in [-0.4, -0.2) is 49.4 Å². The van der Waals surface area contributed by atoms with Gasteiger partial charge in [-0.05, 0) is 48.6 Å². The minimum absolute atomic E-state index is 0.123. The molecule has 1 N–H and O–H groups in total. The molecule has 9 nitrogen and oxygen atoms in total. The maximum Gasteiger partial charge on any atom is 0.276 e. The van der Waals surface area contributed by atoms with Crippen LogP contribution in [0.1, 0.15) is 40.2 Å². The molecule has 0 spiro atoms. The maximum atomic E-state index is 13.0. The van der Waals surface area contributed by atoms with E-state index in [0.717, 1.165) is 43.5 Å². The van der Waals surface area contributed by atoms with Gasteiger partial charge in [-0.2, -0.15) is 10.2 Å². The third-order valence-electron chi connectivity index (χ3n) is 6.23. The molecule has 2 aromatic carbocycles. The topological polar surface area (TPSA) is 94.3 Å². The van der Waals surface area contributed by atoms with Crippen LogP contribution < -0.4 is 10.1 Å². The fourth-order valence-electron chi connectivity index (χ4n) is 4.29. The highest BCUT2D eigenvalue weighted by atomic mass is 16.5. The monoisotopic (exact) mass is 484 g/mol. The Morgan fingerprint density at radius 2 is 1.67 bits per heavy atom. The molecule has 1 fully saturated rings. The van der Waals surface area contributed by atoms with Gasteiger partial charge in [0.25, 0.3) is 11.8 Å². The first kappa shape index (κ1) is 23.3. The van der Waals surface area contributed by atoms with Gasteiger partial charge < -0.3 is 15.0 Å². The van der Waals surface area contributed by atoms with Crippen molar-refractivity contribution in [3.63, 3.8) is 0 Å². The van der Waals surface area contributed by atoms with E-state index in [9.17, 15) is 9.59 Å². The second-order valence-corrected chi connectivity index (χ2v) is 8.74. The second-order valence-electron chi connectivity index (χ2n) is 8.74. The van der Waals surface area contributed by atoms with E-state index < -0.39 is 5.91 Å². The molecular formula is C27H28N6O3. The number of nitrogens with one attached hydrogen (secondary N) is 1. The highest BCUT2D eigenvalue weighted by Crippen LogP contribution is 2.23. The summed E-state index contributed by atoms with van der Waals surface area (Å²) in [5, 5.41) is 11.3. The van der Waals surface area contributed by atoms with Crippen LogP contribution in [-0.2, 0) is 13.8 Å². The first-order valence-corrected chi connectivity index (χ1v) is 12.0. The first-order valence-electron chi connectivity index (χ1n) is 12.0. The van der Waals surface area contributed by atoms with Crippen molar-refractivity contribution in [1.29, 1.82) is 0 Å². The van der Waals surface area contributed by atoms with Gasteiger partial charge in [-0.3, -0.25) is 14.3 Å². The second kappa shape index (κ2) is 10.5. The van der Waals surface area contributed by atoms with Crippen LogP contribution >= 0.6 is 0 Å². The average Bonchev–Trinajstić information content (AvgIpc) is 3.55. The van der Waals surface area contributed by atoms with Crippen molar-refractivity contribution in [2.45, 2.75) is 26.0 Å². The summed E-state index contributed by atoms with van der Waals surface area (Å²) >= 11 is 0. The third kappa shape index (κ3) is 5.14. The molecule has 0 atom stereocenters. The summed E-state index contributed by atoms with van der Waals surface area (Å²) in [6, 6.07) is 19.6. The summed E-state index contributed by atoms with van der Waals surface area (Å²) in [5.74, 6) is 0.163. The molecule has 2 aromatic heterocycles. The number of carbonyl (C=O) groups excluding carboxylic acids is 2. The molecule has 4 aromatic rings. The number of likely N-dealkylation sites (tertiary alicyclic amines) is 1. The van der Waals surface area contributed by atoms with Crippen molar-refractivity contribution in [2.75, 3.05) is 18.4 Å². The van der Waals surface area contributed by atoms with E-state index in [2.05, 4.69) is 27.6 Å². The zero-order chi connectivity index (χ0) is 24.9. The van der Waals surface area contributed by atoms with Crippen molar-refractivity contribution in [3.05, 3.63) is 84.4 Å². The molecule has 184 valence electrons. The van der Waals surface area contributed by atoms with Crippen LogP contribution in [0.3, 0.4) is 0 Å². The van der Waals surface area contributed by atoms with E-state index in [0.29, 0.717) is 17.1 Å². The van der Waals surface area contributed by atoms with E-state index in [1.807, 2.05) is 47.4 Å². The number of nitrogens with zero attached hydrogens (tertiary/aromatic N) is 5. The Balaban J connectivity index is 1.20. The number of ether oxygens (including phenoxy) is 1. The summed E-state index contributed by atoms with van der Waals surface area (Å²) in [4.78, 5) is 27.7. The number of hydrogen-bond acceptors (Lipinski definition) is 5. The third-order valence-corrected chi connectivity index (χ3v) is 6.23. The molecule has 1 aliphatic rings. The van der Waals surface area contributed by atoms with Crippen molar-refractivity contribution in [1.82, 2.24) is 24.5 Å². The first-order chi connectivity index (χ1) is 17.6. The van der Waals surface area contributed by atoms with Gasteiger partial charge in [-0.1, -0.05) is 42.5 Å². The standard InChI is InChI=1S/C27H28N6O3/c1-31-25(27(35)32-15-6-3-7-16-32)24(18-28-31)29-26(34)23-14-17-33(30-23)19-36-22-12-10-21(11-13-22)20-8-4-2-5-9-20/h2,4-5,8-14,17-18H,3,6-7,15-16,19H2,1H3,(H,29,34). The zero-order valence-corrected chi connectivity index (χ0v) is 20.1. The smallest absolute Gasteiger partial charge is 0.276 e. The Kier molecular flexibility index (Phi) is 6.79. The number of benzene rings is 2. The van der Waals surface area contributed by atoms with Crippen LogP contribution in [0.25, 0.3) is 11.1 Å². The molecule has 0 unspecified atom stereocenters. The van der Waals surface area contributed by atoms with Crippen molar-refractivity contribution >= 4 is 17.5 Å². The fraction of sp³-hybridized carbons (Fsp3) is 0.259. The Labute approximate surface area is 209 Å². The van der Waals surface area contributed by atoms with E-state index >= 15 is 0 Å². The van der Waals surface area contributed by atoms with Gasteiger partial charge >= 0.3 is 0 Å². The number of carbonyl (C=O) groups is 2. The number of rotatable bonds is 7. The Bertz CT molecular complexity index is 1340. The molecule has 2 amide bonds. The summed E-state index contributed by atoms with van der Waals surface area (Å²) in [7, 11) is 1.70. The van der Waals surface area contributed by atoms with E-state index in [-0.39, 0.29) is 18.3 Å². The minimum Gasteiger partial charge on any atom is -0.471 e. The van der Waals surface area contributed by atoms with E-state index in [1.165, 1.54) is 10.9 Å². The lowest BCUT2D eigenvalue weighted by molar-refractivity contribution is 0.0714. The predicted octanol–water partition coefficient (Wildman–Crippen LogP) is 4.20. The number of amides is 2. The Morgan fingerprint density at radius 3 is 2.42 bits per heavy atom. The fourth-order valence-corrected chi connectivity index (χ4v) is 4.29. The van der Waals surface area contributed by atoms with Crippen LogP contribution in [0, 0.1) is 0 Å². The van der Waals surface area contributed by atoms with Gasteiger partial charge in [0, 0.05) is 26.3 Å².